The molecule has 0 atom stereocenters. The summed E-state index contributed by atoms with van der Waals surface area (Å²) in [6, 6.07) is 15.6. The van der Waals surface area contributed by atoms with E-state index in [0.717, 1.165) is 28.6 Å². The average molecular weight is 303 g/mol. The number of nitrogens with one attached hydrogen (secondary N) is 1. The quantitative estimate of drug-likeness (QED) is 0.737. The van der Waals surface area contributed by atoms with Crippen LogP contribution in [0.2, 0.25) is 0 Å². The number of benzene rings is 1. The molecule has 3 rings (SSSR count). The first-order valence-electron chi connectivity index (χ1n) is 7.52. The number of rotatable bonds is 5. The van der Waals surface area contributed by atoms with Crippen LogP contribution in [0.25, 0.3) is 17.0 Å². The summed E-state index contributed by atoms with van der Waals surface area (Å²) in [5.41, 5.74) is 2.80. The van der Waals surface area contributed by atoms with Crippen molar-refractivity contribution in [2.24, 2.45) is 0 Å². The van der Waals surface area contributed by atoms with Gasteiger partial charge in [0.15, 0.2) is 0 Å². The predicted molar refractivity (Wildman–Crippen MR) is 91.7 cm³/mol. The largest absolute Gasteiger partial charge is 0.352 e. The third-order valence-electron chi connectivity index (χ3n) is 3.48. The second-order valence-corrected chi connectivity index (χ2v) is 5.12. The van der Waals surface area contributed by atoms with Gasteiger partial charge in [0.1, 0.15) is 0 Å². The van der Waals surface area contributed by atoms with E-state index in [9.17, 15) is 4.79 Å². The van der Waals surface area contributed by atoms with Crippen molar-refractivity contribution < 1.29 is 4.79 Å². The van der Waals surface area contributed by atoms with E-state index < -0.39 is 0 Å². The molecule has 1 aromatic carbocycles. The molecular formula is C19H17N3O. The van der Waals surface area contributed by atoms with E-state index in [1.54, 1.807) is 24.5 Å². The number of nitrogens with zero attached hydrogens (tertiary/aromatic N) is 2. The van der Waals surface area contributed by atoms with Crippen molar-refractivity contribution in [1.29, 1.82) is 0 Å². The molecule has 0 radical (unpaired) electrons. The number of carbonyl (C=O) groups excluding carboxylic acids is 1. The summed E-state index contributed by atoms with van der Waals surface area (Å²) in [6.07, 6.45) is 7.57. The maximum absolute atomic E-state index is 11.9. The molecule has 2 aromatic heterocycles. The van der Waals surface area contributed by atoms with Crippen LogP contribution in [0.5, 0.6) is 0 Å². The number of hydrogen-bond acceptors (Lipinski definition) is 3. The van der Waals surface area contributed by atoms with Crippen LogP contribution in [-0.2, 0) is 11.2 Å². The summed E-state index contributed by atoms with van der Waals surface area (Å²) in [5, 5.41) is 3.92. The minimum atomic E-state index is -0.117. The molecule has 0 unspecified atom stereocenters. The van der Waals surface area contributed by atoms with Gasteiger partial charge in [-0.3, -0.25) is 14.8 Å². The minimum Gasteiger partial charge on any atom is -0.352 e. The second kappa shape index (κ2) is 7.31. The van der Waals surface area contributed by atoms with Crippen LogP contribution >= 0.6 is 0 Å². The standard InChI is InChI=1S/C19H17N3O/c23-18(21-14-11-17-8-1-2-12-20-17)10-9-16-6-3-5-15-7-4-13-22-19(15)16/h1-10,12-13H,11,14H2,(H,21,23)/b10-9+. The van der Waals surface area contributed by atoms with Crippen molar-refractivity contribution >= 4 is 22.9 Å². The Balaban J connectivity index is 1.59. The summed E-state index contributed by atoms with van der Waals surface area (Å²) < 4.78 is 0. The van der Waals surface area contributed by atoms with Crippen molar-refractivity contribution in [3.8, 4) is 0 Å². The molecule has 4 heteroatoms. The molecule has 114 valence electrons. The van der Waals surface area contributed by atoms with Crippen LogP contribution in [0.15, 0.2) is 67.0 Å². The molecule has 0 saturated heterocycles. The molecule has 0 spiro atoms. The van der Waals surface area contributed by atoms with Crippen molar-refractivity contribution in [2.75, 3.05) is 6.54 Å². The van der Waals surface area contributed by atoms with Gasteiger partial charge in [0.05, 0.1) is 5.52 Å². The second-order valence-electron chi connectivity index (χ2n) is 5.12. The third-order valence-corrected chi connectivity index (χ3v) is 3.48. The van der Waals surface area contributed by atoms with Gasteiger partial charge in [0, 0.05) is 48.1 Å². The topological polar surface area (TPSA) is 54.9 Å². The van der Waals surface area contributed by atoms with Crippen LogP contribution in [0.3, 0.4) is 0 Å². The summed E-state index contributed by atoms with van der Waals surface area (Å²) in [6.45, 7) is 0.563. The molecule has 1 N–H and O–H groups in total. The number of carbonyl (C=O) groups is 1. The highest BCUT2D eigenvalue weighted by molar-refractivity contribution is 5.95. The maximum Gasteiger partial charge on any atom is 0.244 e. The fraction of sp³-hybridized carbons (Fsp3) is 0.105. The Morgan fingerprint density at radius 1 is 1.00 bits per heavy atom. The highest BCUT2D eigenvalue weighted by atomic mass is 16.1. The molecule has 1 amide bonds. The Hall–Kier alpha value is -3.01. The zero-order valence-electron chi connectivity index (χ0n) is 12.6. The molecule has 3 aromatic rings. The summed E-state index contributed by atoms with van der Waals surface area (Å²) in [7, 11) is 0. The Morgan fingerprint density at radius 2 is 1.87 bits per heavy atom. The molecule has 0 aliphatic heterocycles. The number of fused-ring (bicyclic) bond motifs is 1. The molecule has 0 aliphatic rings. The molecule has 23 heavy (non-hydrogen) atoms. The number of pyridine rings is 2. The lowest BCUT2D eigenvalue weighted by Gasteiger charge is -2.02. The van der Waals surface area contributed by atoms with Crippen molar-refractivity contribution in [3.05, 3.63) is 78.3 Å². The predicted octanol–water partition coefficient (Wildman–Crippen LogP) is 3.00. The average Bonchev–Trinajstić information content (AvgIpc) is 2.61. The normalized spacial score (nSPS) is 11.0. The smallest absolute Gasteiger partial charge is 0.244 e. The number of hydrogen-bond donors (Lipinski definition) is 1. The van der Waals surface area contributed by atoms with Crippen LogP contribution < -0.4 is 5.32 Å². The molecular weight excluding hydrogens is 286 g/mol. The van der Waals surface area contributed by atoms with Gasteiger partial charge in [-0.05, 0) is 24.3 Å². The van der Waals surface area contributed by atoms with E-state index in [2.05, 4.69) is 15.3 Å². The fourth-order valence-corrected chi connectivity index (χ4v) is 2.35. The van der Waals surface area contributed by atoms with Crippen molar-refractivity contribution in [1.82, 2.24) is 15.3 Å². The van der Waals surface area contributed by atoms with Crippen molar-refractivity contribution in [2.45, 2.75) is 6.42 Å². The molecule has 0 fully saturated rings. The van der Waals surface area contributed by atoms with Crippen LogP contribution in [-0.4, -0.2) is 22.4 Å². The highest BCUT2D eigenvalue weighted by Crippen LogP contribution is 2.16. The fourth-order valence-electron chi connectivity index (χ4n) is 2.35. The Morgan fingerprint density at radius 3 is 2.74 bits per heavy atom. The zero-order chi connectivity index (χ0) is 15.9. The van der Waals surface area contributed by atoms with E-state index in [0.29, 0.717) is 6.54 Å². The monoisotopic (exact) mass is 303 g/mol. The zero-order valence-corrected chi connectivity index (χ0v) is 12.6. The van der Waals surface area contributed by atoms with E-state index in [1.807, 2.05) is 48.5 Å². The first-order valence-corrected chi connectivity index (χ1v) is 7.52. The third kappa shape index (κ3) is 4.01. The van der Waals surface area contributed by atoms with E-state index in [1.165, 1.54) is 0 Å². The van der Waals surface area contributed by atoms with Gasteiger partial charge in [-0.25, -0.2) is 0 Å². The molecule has 0 aliphatic carbocycles. The summed E-state index contributed by atoms with van der Waals surface area (Å²) in [5.74, 6) is -0.117. The number of para-hydroxylation sites is 1. The Kier molecular flexibility index (Phi) is 4.74. The lowest BCUT2D eigenvalue weighted by Crippen LogP contribution is -2.23. The van der Waals surface area contributed by atoms with Gasteiger partial charge in [-0.15, -0.1) is 0 Å². The maximum atomic E-state index is 11.9. The first kappa shape index (κ1) is 14.9. The molecule has 4 nitrogen and oxygen atoms in total. The van der Waals surface area contributed by atoms with Gasteiger partial charge in [-0.2, -0.15) is 0 Å². The van der Waals surface area contributed by atoms with Crippen LogP contribution in [0.1, 0.15) is 11.3 Å². The lowest BCUT2D eigenvalue weighted by atomic mass is 10.1. The molecule has 0 saturated carbocycles. The number of amides is 1. The minimum absolute atomic E-state index is 0.117. The van der Waals surface area contributed by atoms with Crippen LogP contribution in [0, 0.1) is 0 Å². The summed E-state index contributed by atoms with van der Waals surface area (Å²) in [4.78, 5) is 20.5. The highest BCUT2D eigenvalue weighted by Gasteiger charge is 2.00. The Bertz CT molecular complexity index is 823. The van der Waals surface area contributed by atoms with Gasteiger partial charge in [0.25, 0.3) is 0 Å². The van der Waals surface area contributed by atoms with E-state index in [4.69, 9.17) is 0 Å². The van der Waals surface area contributed by atoms with Crippen molar-refractivity contribution in [3.63, 3.8) is 0 Å². The number of aromatic nitrogens is 2. The molecule has 2 heterocycles. The van der Waals surface area contributed by atoms with Gasteiger partial charge < -0.3 is 5.32 Å². The van der Waals surface area contributed by atoms with Gasteiger partial charge >= 0.3 is 0 Å². The van der Waals surface area contributed by atoms with Gasteiger partial charge in [0.2, 0.25) is 5.91 Å². The van der Waals surface area contributed by atoms with Gasteiger partial charge in [-0.1, -0.05) is 30.3 Å². The van der Waals surface area contributed by atoms with Crippen LogP contribution in [0.4, 0.5) is 0 Å². The summed E-state index contributed by atoms with van der Waals surface area (Å²) >= 11 is 0. The SMILES string of the molecule is O=C(/C=C/c1cccc2cccnc12)NCCc1ccccn1. The Labute approximate surface area is 134 Å². The lowest BCUT2D eigenvalue weighted by molar-refractivity contribution is -0.116. The van der Waals surface area contributed by atoms with E-state index >= 15 is 0 Å². The first-order chi connectivity index (χ1) is 11.3. The molecule has 0 bridgehead atoms. The van der Waals surface area contributed by atoms with E-state index in [-0.39, 0.29) is 5.91 Å².